The van der Waals surface area contributed by atoms with Gasteiger partial charge in [-0.1, -0.05) is 0 Å². The molecule has 0 aliphatic heterocycles. The number of rotatable bonds is 9. The Balaban J connectivity index is 1.56. The predicted octanol–water partition coefficient (Wildman–Crippen LogP) is -0.0554. The molecule has 1 fully saturated rings. The number of nitrogens with one attached hydrogen (secondary N) is 2. The van der Waals surface area contributed by atoms with Crippen molar-refractivity contribution >= 4 is 10.0 Å². The molecular weight excluding hydrogens is 252 g/mol. The summed E-state index contributed by atoms with van der Waals surface area (Å²) in [7, 11) is -3.13. The average molecular weight is 272 g/mol. The van der Waals surface area contributed by atoms with Gasteiger partial charge in [-0.2, -0.15) is 5.10 Å². The quantitative estimate of drug-likeness (QED) is 0.618. The third kappa shape index (κ3) is 5.16. The molecule has 0 aromatic carbocycles. The molecule has 0 spiro atoms. The van der Waals surface area contributed by atoms with E-state index in [1.807, 2.05) is 12.3 Å². The molecule has 2 rings (SSSR count). The molecule has 1 aliphatic carbocycles. The third-order valence-corrected chi connectivity index (χ3v) is 4.21. The minimum Gasteiger partial charge on any atom is -0.313 e. The van der Waals surface area contributed by atoms with Crippen molar-refractivity contribution in [3.05, 3.63) is 18.5 Å². The minimum atomic E-state index is -3.13. The van der Waals surface area contributed by atoms with Gasteiger partial charge >= 0.3 is 0 Å². The average Bonchev–Trinajstić information content (AvgIpc) is 2.99. The fourth-order valence-corrected chi connectivity index (χ4v) is 2.64. The van der Waals surface area contributed by atoms with E-state index in [0.29, 0.717) is 19.1 Å². The van der Waals surface area contributed by atoms with Crippen LogP contribution < -0.4 is 10.0 Å². The Kier molecular flexibility index (Phi) is 4.73. The summed E-state index contributed by atoms with van der Waals surface area (Å²) in [5, 5.41) is 7.25. The molecular formula is C11H20N4O2S. The van der Waals surface area contributed by atoms with Crippen LogP contribution in [-0.4, -0.2) is 43.1 Å². The van der Waals surface area contributed by atoms with Gasteiger partial charge in [0, 0.05) is 38.1 Å². The fourth-order valence-electron chi connectivity index (χ4n) is 1.66. The van der Waals surface area contributed by atoms with E-state index in [4.69, 9.17) is 0 Å². The molecule has 6 nitrogen and oxygen atoms in total. The van der Waals surface area contributed by atoms with Crippen LogP contribution in [0.2, 0.25) is 0 Å². The van der Waals surface area contributed by atoms with Crippen LogP contribution in [-0.2, 0) is 16.6 Å². The van der Waals surface area contributed by atoms with Crippen LogP contribution in [0.25, 0.3) is 0 Å². The molecule has 1 saturated carbocycles. The maximum Gasteiger partial charge on any atom is 0.212 e. The molecule has 1 heterocycles. The second-order valence-electron chi connectivity index (χ2n) is 4.56. The molecule has 0 saturated heterocycles. The predicted molar refractivity (Wildman–Crippen MR) is 69.7 cm³/mol. The smallest absolute Gasteiger partial charge is 0.212 e. The summed E-state index contributed by atoms with van der Waals surface area (Å²) in [5.41, 5.74) is 0. The largest absolute Gasteiger partial charge is 0.313 e. The Morgan fingerprint density at radius 2 is 2.17 bits per heavy atom. The lowest BCUT2D eigenvalue weighted by molar-refractivity contribution is 0.550. The van der Waals surface area contributed by atoms with E-state index in [1.54, 1.807) is 10.9 Å². The zero-order valence-corrected chi connectivity index (χ0v) is 11.2. The molecule has 7 heteroatoms. The lowest BCUT2D eigenvalue weighted by Crippen LogP contribution is -2.33. The Bertz CT molecular complexity index is 440. The van der Waals surface area contributed by atoms with Gasteiger partial charge in [0.2, 0.25) is 10.0 Å². The van der Waals surface area contributed by atoms with E-state index in [1.165, 1.54) is 12.8 Å². The topological polar surface area (TPSA) is 76.0 Å². The maximum atomic E-state index is 11.6. The van der Waals surface area contributed by atoms with E-state index >= 15 is 0 Å². The summed E-state index contributed by atoms with van der Waals surface area (Å²) in [4.78, 5) is 0. The van der Waals surface area contributed by atoms with Gasteiger partial charge < -0.3 is 5.32 Å². The van der Waals surface area contributed by atoms with Crippen molar-refractivity contribution in [2.45, 2.75) is 31.8 Å². The van der Waals surface area contributed by atoms with Crippen molar-refractivity contribution in [1.29, 1.82) is 0 Å². The van der Waals surface area contributed by atoms with Crippen LogP contribution in [0.3, 0.4) is 0 Å². The summed E-state index contributed by atoms with van der Waals surface area (Å²) < 4.78 is 27.6. The molecule has 1 aromatic heterocycles. The first-order valence-corrected chi connectivity index (χ1v) is 7.99. The van der Waals surface area contributed by atoms with E-state index in [9.17, 15) is 8.42 Å². The summed E-state index contributed by atoms with van der Waals surface area (Å²) in [6.45, 7) is 1.74. The molecule has 102 valence electrons. The molecule has 1 aliphatic rings. The van der Waals surface area contributed by atoms with Gasteiger partial charge in [-0.25, -0.2) is 13.1 Å². The van der Waals surface area contributed by atoms with Crippen molar-refractivity contribution in [3.8, 4) is 0 Å². The van der Waals surface area contributed by atoms with Crippen LogP contribution in [0.4, 0.5) is 0 Å². The van der Waals surface area contributed by atoms with Crippen LogP contribution >= 0.6 is 0 Å². The summed E-state index contributed by atoms with van der Waals surface area (Å²) in [6, 6.07) is 2.41. The second-order valence-corrected chi connectivity index (χ2v) is 6.49. The number of sulfonamides is 1. The molecule has 0 amide bonds. The lowest BCUT2D eigenvalue weighted by atomic mass is 10.4. The van der Waals surface area contributed by atoms with E-state index in [0.717, 1.165) is 13.0 Å². The number of hydrogen-bond donors (Lipinski definition) is 2. The monoisotopic (exact) mass is 272 g/mol. The highest BCUT2D eigenvalue weighted by Crippen LogP contribution is 2.17. The summed E-state index contributed by atoms with van der Waals surface area (Å²) in [5.74, 6) is 0.158. The SMILES string of the molecule is O=S(=O)(CCNC1CC1)NCCCn1cccn1. The van der Waals surface area contributed by atoms with Crippen molar-refractivity contribution in [1.82, 2.24) is 19.8 Å². The van der Waals surface area contributed by atoms with Gasteiger partial charge in [0.15, 0.2) is 0 Å². The highest BCUT2D eigenvalue weighted by Gasteiger charge is 2.20. The van der Waals surface area contributed by atoms with Crippen LogP contribution in [0.5, 0.6) is 0 Å². The van der Waals surface area contributed by atoms with Crippen molar-refractivity contribution in [2.75, 3.05) is 18.8 Å². The van der Waals surface area contributed by atoms with Gasteiger partial charge in [-0.15, -0.1) is 0 Å². The highest BCUT2D eigenvalue weighted by atomic mass is 32.2. The second kappa shape index (κ2) is 6.31. The molecule has 0 atom stereocenters. The third-order valence-electron chi connectivity index (χ3n) is 2.83. The van der Waals surface area contributed by atoms with E-state index < -0.39 is 10.0 Å². The van der Waals surface area contributed by atoms with Gasteiger partial charge in [0.25, 0.3) is 0 Å². The van der Waals surface area contributed by atoms with Crippen molar-refractivity contribution in [3.63, 3.8) is 0 Å². The first kappa shape index (κ1) is 13.5. The van der Waals surface area contributed by atoms with Gasteiger partial charge in [0.1, 0.15) is 0 Å². The molecule has 0 radical (unpaired) electrons. The molecule has 2 N–H and O–H groups in total. The van der Waals surface area contributed by atoms with Crippen molar-refractivity contribution in [2.24, 2.45) is 0 Å². The minimum absolute atomic E-state index is 0.158. The highest BCUT2D eigenvalue weighted by molar-refractivity contribution is 7.89. The molecule has 0 bridgehead atoms. The normalized spacial score (nSPS) is 16.0. The summed E-state index contributed by atoms with van der Waals surface area (Å²) in [6.07, 6.45) is 6.69. The maximum absolute atomic E-state index is 11.6. The van der Waals surface area contributed by atoms with E-state index in [-0.39, 0.29) is 5.75 Å². The zero-order valence-electron chi connectivity index (χ0n) is 10.4. The number of nitrogens with zero attached hydrogens (tertiary/aromatic N) is 2. The first-order chi connectivity index (χ1) is 8.66. The standard InChI is InChI=1S/C11H20N4O2S/c16-18(17,10-7-12-11-3-4-11)14-6-2-9-15-8-1-5-13-15/h1,5,8,11-12,14H,2-4,6-7,9-10H2. The van der Waals surface area contributed by atoms with Gasteiger partial charge in [-0.3, -0.25) is 4.68 Å². The summed E-state index contributed by atoms with van der Waals surface area (Å²) >= 11 is 0. The Labute approximate surface area is 108 Å². The van der Waals surface area contributed by atoms with Crippen LogP contribution in [0, 0.1) is 0 Å². The Hall–Kier alpha value is -0.920. The lowest BCUT2D eigenvalue weighted by Gasteiger charge is -2.07. The first-order valence-electron chi connectivity index (χ1n) is 6.34. The Morgan fingerprint density at radius 1 is 1.33 bits per heavy atom. The fraction of sp³-hybridized carbons (Fsp3) is 0.727. The molecule has 0 unspecified atom stereocenters. The van der Waals surface area contributed by atoms with Crippen molar-refractivity contribution < 1.29 is 8.42 Å². The van der Waals surface area contributed by atoms with Crippen LogP contribution in [0.1, 0.15) is 19.3 Å². The Morgan fingerprint density at radius 3 is 2.83 bits per heavy atom. The molecule has 1 aromatic rings. The number of aryl methyl sites for hydroxylation is 1. The van der Waals surface area contributed by atoms with Gasteiger partial charge in [0.05, 0.1) is 5.75 Å². The van der Waals surface area contributed by atoms with E-state index in [2.05, 4.69) is 15.1 Å². The van der Waals surface area contributed by atoms with Gasteiger partial charge in [-0.05, 0) is 25.3 Å². The van der Waals surface area contributed by atoms with Crippen LogP contribution in [0.15, 0.2) is 18.5 Å². The molecule has 18 heavy (non-hydrogen) atoms. The zero-order chi connectivity index (χ0) is 12.8. The number of aromatic nitrogens is 2. The number of hydrogen-bond acceptors (Lipinski definition) is 4.